The van der Waals surface area contributed by atoms with Gasteiger partial charge in [-0.05, 0) is 62.7 Å². The number of hydrogen-bond donors (Lipinski definition) is 0. The molecule has 0 aliphatic heterocycles. The molecule has 0 unspecified atom stereocenters. The summed E-state index contributed by atoms with van der Waals surface area (Å²) in [6, 6.07) is 15.9. The fraction of sp³-hybridized carbons (Fsp3) is 0.240. The predicted molar refractivity (Wildman–Crippen MR) is 138 cm³/mol. The fourth-order valence-corrected chi connectivity index (χ4v) is 4.61. The van der Waals surface area contributed by atoms with E-state index in [4.69, 9.17) is 4.98 Å². The molecule has 4 rings (SSSR count). The van der Waals surface area contributed by atoms with Gasteiger partial charge in [0.05, 0.1) is 17.1 Å². The molecule has 0 N–H and O–H groups in total. The highest BCUT2D eigenvalue weighted by Crippen LogP contribution is 2.23. The van der Waals surface area contributed by atoms with Crippen LogP contribution in [0.25, 0.3) is 16.6 Å². The number of rotatable bonds is 6. The van der Waals surface area contributed by atoms with E-state index in [1.165, 1.54) is 4.68 Å². The molecule has 32 heavy (non-hydrogen) atoms. The summed E-state index contributed by atoms with van der Waals surface area (Å²) in [5, 5.41) is 5.17. The lowest BCUT2D eigenvalue weighted by atomic mass is 10.2. The van der Waals surface area contributed by atoms with E-state index in [-0.39, 0.29) is 5.56 Å². The van der Waals surface area contributed by atoms with Gasteiger partial charge in [-0.25, -0.2) is 4.98 Å². The fourth-order valence-electron chi connectivity index (χ4n) is 3.86. The van der Waals surface area contributed by atoms with Crippen molar-refractivity contribution in [1.29, 1.82) is 0 Å². The monoisotopic (exact) mass is 554 g/mol. The van der Waals surface area contributed by atoms with Crippen molar-refractivity contribution in [1.82, 2.24) is 14.2 Å². The molecule has 0 bridgehead atoms. The highest BCUT2D eigenvalue weighted by atomic mass is 79.9. The minimum atomic E-state index is -0.153. The summed E-state index contributed by atoms with van der Waals surface area (Å²) in [4.78, 5) is 18.0. The third-order valence-corrected chi connectivity index (χ3v) is 6.46. The molecule has 2 aromatic carbocycles. The molecule has 5 nitrogen and oxygen atoms in total. The maximum absolute atomic E-state index is 13.3. The molecular formula is C25H24Br2N4O. The second-order valence-electron chi connectivity index (χ2n) is 7.80. The van der Waals surface area contributed by atoms with Gasteiger partial charge in [0.25, 0.3) is 5.56 Å². The number of halogens is 2. The summed E-state index contributed by atoms with van der Waals surface area (Å²) in [6.07, 6.45) is 4.43. The number of nitrogens with zero attached hydrogens (tertiary/aromatic N) is 4. The van der Waals surface area contributed by atoms with Crippen LogP contribution in [0.1, 0.15) is 42.5 Å². The Morgan fingerprint density at radius 3 is 2.59 bits per heavy atom. The number of aromatic nitrogens is 3. The topological polar surface area (TPSA) is 52.2 Å². The molecule has 0 amide bonds. The molecule has 0 atom stereocenters. The van der Waals surface area contributed by atoms with E-state index >= 15 is 0 Å². The van der Waals surface area contributed by atoms with E-state index < -0.39 is 0 Å². The quantitative estimate of drug-likeness (QED) is 0.253. The summed E-state index contributed by atoms with van der Waals surface area (Å²) in [5.74, 6) is 0.684. The molecule has 0 radical (unpaired) electrons. The van der Waals surface area contributed by atoms with Crippen LogP contribution < -0.4 is 5.56 Å². The van der Waals surface area contributed by atoms with Crippen molar-refractivity contribution in [3.8, 4) is 5.69 Å². The smallest absolute Gasteiger partial charge is 0.282 e. The van der Waals surface area contributed by atoms with E-state index in [1.807, 2.05) is 24.3 Å². The van der Waals surface area contributed by atoms with Crippen LogP contribution in [-0.4, -0.2) is 20.4 Å². The van der Waals surface area contributed by atoms with Crippen molar-refractivity contribution < 1.29 is 0 Å². The molecule has 0 saturated heterocycles. The zero-order chi connectivity index (χ0) is 22.8. The molecule has 0 aliphatic carbocycles. The average Bonchev–Trinajstić information content (AvgIpc) is 3.05. The Labute approximate surface area is 204 Å². The molecule has 4 aromatic rings. The van der Waals surface area contributed by atoms with Gasteiger partial charge in [-0.3, -0.25) is 4.79 Å². The lowest BCUT2D eigenvalue weighted by Gasteiger charge is -2.10. The molecule has 0 spiro atoms. The minimum Gasteiger partial charge on any atom is -0.318 e. The van der Waals surface area contributed by atoms with Gasteiger partial charge in [0, 0.05) is 38.0 Å². The van der Waals surface area contributed by atoms with Gasteiger partial charge < -0.3 is 4.57 Å². The first-order chi connectivity index (χ1) is 15.4. The van der Waals surface area contributed by atoms with Gasteiger partial charge in [0.1, 0.15) is 5.82 Å². The largest absolute Gasteiger partial charge is 0.318 e. The lowest BCUT2D eigenvalue weighted by molar-refractivity contribution is 0.675. The van der Waals surface area contributed by atoms with Crippen molar-refractivity contribution in [3.63, 3.8) is 0 Å². The summed E-state index contributed by atoms with van der Waals surface area (Å²) in [6.45, 7) is 6.26. The van der Waals surface area contributed by atoms with Gasteiger partial charge in [-0.1, -0.05) is 51.3 Å². The Hall–Kier alpha value is -2.51. The highest BCUT2D eigenvalue weighted by Gasteiger charge is 2.13. The summed E-state index contributed by atoms with van der Waals surface area (Å²) < 4.78 is 5.51. The second-order valence-corrected chi connectivity index (χ2v) is 9.63. The molecule has 0 saturated carbocycles. The minimum absolute atomic E-state index is 0.153. The third-order valence-electron chi connectivity index (χ3n) is 5.48. The van der Waals surface area contributed by atoms with Crippen LogP contribution in [0.5, 0.6) is 0 Å². The number of hydrogen-bond acceptors (Lipinski definition) is 3. The van der Waals surface area contributed by atoms with E-state index in [0.717, 1.165) is 44.4 Å². The van der Waals surface area contributed by atoms with Crippen LogP contribution in [0.4, 0.5) is 0 Å². The van der Waals surface area contributed by atoms with Crippen LogP contribution in [-0.2, 0) is 6.42 Å². The van der Waals surface area contributed by atoms with E-state index in [2.05, 4.69) is 80.5 Å². The van der Waals surface area contributed by atoms with Crippen LogP contribution in [0, 0.1) is 13.8 Å². The first-order valence-corrected chi connectivity index (χ1v) is 12.2. The van der Waals surface area contributed by atoms with Crippen molar-refractivity contribution in [2.24, 2.45) is 5.10 Å². The van der Waals surface area contributed by atoms with Gasteiger partial charge in [0.15, 0.2) is 0 Å². The standard InChI is InChI=1S/C25H24Br2N4O/c1-4-5-9-24-29-23-11-10-20(27)14-22(23)25(32)31(24)28-15-18-12-16(2)30(17(18)3)21-8-6-7-19(26)13-21/h6-8,10-15H,4-5,9H2,1-3H3. The SMILES string of the molecule is CCCCc1nc2ccc(Br)cc2c(=O)n1N=Cc1cc(C)n(-c2cccc(Br)c2)c1C. The highest BCUT2D eigenvalue weighted by molar-refractivity contribution is 9.10. The van der Waals surface area contributed by atoms with Crippen LogP contribution in [0.15, 0.2) is 67.4 Å². The Balaban J connectivity index is 1.81. The number of fused-ring (bicyclic) bond motifs is 1. The Bertz CT molecular complexity index is 1380. The molecular weight excluding hydrogens is 532 g/mol. The van der Waals surface area contributed by atoms with Gasteiger partial charge in [-0.2, -0.15) is 9.78 Å². The molecule has 164 valence electrons. The van der Waals surface area contributed by atoms with E-state index in [9.17, 15) is 4.79 Å². The van der Waals surface area contributed by atoms with Crippen molar-refractivity contribution in [2.45, 2.75) is 40.0 Å². The Kier molecular flexibility index (Phi) is 6.76. The molecule has 2 heterocycles. The maximum atomic E-state index is 13.3. The average molecular weight is 556 g/mol. The third kappa shape index (κ3) is 4.50. The lowest BCUT2D eigenvalue weighted by Crippen LogP contribution is -2.22. The molecule has 7 heteroatoms. The van der Waals surface area contributed by atoms with E-state index in [1.54, 1.807) is 12.3 Å². The summed E-state index contributed by atoms with van der Waals surface area (Å²) in [5.41, 5.74) is 4.74. The molecule has 2 aromatic heterocycles. The first kappa shape index (κ1) is 22.7. The second kappa shape index (κ2) is 9.55. The van der Waals surface area contributed by atoms with E-state index in [0.29, 0.717) is 23.1 Å². The normalized spacial score (nSPS) is 11.7. The van der Waals surface area contributed by atoms with Crippen LogP contribution in [0.3, 0.4) is 0 Å². The van der Waals surface area contributed by atoms with Crippen LogP contribution >= 0.6 is 31.9 Å². The number of unbranched alkanes of at least 4 members (excludes halogenated alkanes) is 1. The summed E-state index contributed by atoms with van der Waals surface area (Å²) >= 11 is 7.00. The Morgan fingerprint density at radius 2 is 1.84 bits per heavy atom. The Morgan fingerprint density at radius 1 is 1.06 bits per heavy atom. The zero-order valence-corrected chi connectivity index (χ0v) is 21.4. The van der Waals surface area contributed by atoms with Gasteiger partial charge in [0.2, 0.25) is 0 Å². The number of benzene rings is 2. The molecule has 0 fully saturated rings. The predicted octanol–water partition coefficient (Wildman–Crippen LogP) is 6.55. The van der Waals surface area contributed by atoms with Crippen molar-refractivity contribution in [3.05, 3.63) is 90.6 Å². The van der Waals surface area contributed by atoms with Gasteiger partial charge in [-0.15, -0.1) is 0 Å². The van der Waals surface area contributed by atoms with Crippen molar-refractivity contribution in [2.75, 3.05) is 0 Å². The van der Waals surface area contributed by atoms with Gasteiger partial charge >= 0.3 is 0 Å². The first-order valence-electron chi connectivity index (χ1n) is 10.6. The number of aryl methyl sites for hydroxylation is 2. The zero-order valence-electron chi connectivity index (χ0n) is 18.3. The van der Waals surface area contributed by atoms with Crippen LogP contribution in [0.2, 0.25) is 0 Å². The molecule has 0 aliphatic rings. The van der Waals surface area contributed by atoms with Crippen molar-refractivity contribution >= 4 is 49.0 Å². The summed E-state index contributed by atoms with van der Waals surface area (Å²) in [7, 11) is 0. The maximum Gasteiger partial charge on any atom is 0.282 e.